The van der Waals surface area contributed by atoms with Crippen LogP contribution in [0.15, 0.2) is 107 Å². The number of benzene rings is 4. The third-order valence-corrected chi connectivity index (χ3v) is 10.2. The molecule has 1 aliphatic heterocycles. The van der Waals surface area contributed by atoms with Gasteiger partial charge >= 0.3 is 18.2 Å². The second-order valence-electron chi connectivity index (χ2n) is 12.0. The number of anilines is 1. The van der Waals surface area contributed by atoms with E-state index in [-0.39, 0.29) is 43.5 Å². The molecule has 1 saturated heterocycles. The zero-order valence-corrected chi connectivity index (χ0v) is 29.7. The van der Waals surface area contributed by atoms with E-state index in [4.69, 9.17) is 14.2 Å². The molecule has 1 fully saturated rings. The standard InChI is InChI=1S/C37H39N5O9S/c1-41(2)30-20-10-18-28-27(30)17-11-21-31(28)52(47,48)42-32(34(44)49-3)29(33(42)43)19-12-22-38-35(39-36(45)50-23-25-13-6-4-7-14-25)40-37(46)51-24-26-15-8-5-9-16-26/h4-11,13-18,20-21,29,32H,12,19,22-24H2,1-3H3,(H2,38,39,40,45,46)/t29-,32+/m1/s1. The van der Waals surface area contributed by atoms with Gasteiger partial charge in [0, 0.05) is 37.1 Å². The van der Waals surface area contributed by atoms with Crippen LogP contribution >= 0.6 is 0 Å². The topological polar surface area (TPSA) is 173 Å². The number of carbonyl (C=O) groups excluding carboxylic acids is 4. The quantitative estimate of drug-likeness (QED) is 0.0522. The highest BCUT2D eigenvalue weighted by atomic mass is 32.2. The summed E-state index contributed by atoms with van der Waals surface area (Å²) in [5.41, 5.74) is 2.26. The molecule has 15 heteroatoms. The summed E-state index contributed by atoms with van der Waals surface area (Å²) < 4.78 is 43.9. The van der Waals surface area contributed by atoms with Crippen LogP contribution in [0.4, 0.5) is 15.3 Å². The van der Waals surface area contributed by atoms with E-state index in [1.165, 1.54) is 6.07 Å². The molecule has 3 amide bonds. The monoisotopic (exact) mass is 729 g/mol. The first-order valence-electron chi connectivity index (χ1n) is 16.4. The predicted molar refractivity (Wildman–Crippen MR) is 193 cm³/mol. The number of sulfonamides is 1. The lowest BCUT2D eigenvalue weighted by molar-refractivity contribution is -0.165. The number of carbonyl (C=O) groups is 4. The Labute approximate surface area is 301 Å². The van der Waals surface area contributed by atoms with E-state index >= 15 is 0 Å². The predicted octanol–water partition coefficient (Wildman–Crippen LogP) is 4.58. The van der Waals surface area contributed by atoms with Crippen LogP contribution in [0, 0.1) is 5.92 Å². The first kappa shape index (κ1) is 37.3. The average molecular weight is 730 g/mol. The van der Waals surface area contributed by atoms with Crippen molar-refractivity contribution in [2.75, 3.05) is 32.6 Å². The first-order chi connectivity index (χ1) is 25.0. The zero-order chi connectivity index (χ0) is 37.3. The van der Waals surface area contributed by atoms with E-state index in [1.807, 2.05) is 37.2 Å². The average Bonchev–Trinajstić information content (AvgIpc) is 3.14. The number of alkyl carbamates (subject to hydrolysis) is 1. The fourth-order valence-corrected chi connectivity index (χ4v) is 7.59. The summed E-state index contributed by atoms with van der Waals surface area (Å²) in [5.74, 6) is -2.90. The Kier molecular flexibility index (Phi) is 12.1. The second-order valence-corrected chi connectivity index (χ2v) is 13.8. The summed E-state index contributed by atoms with van der Waals surface area (Å²) in [6.45, 7) is -0.0282. The maximum atomic E-state index is 14.0. The van der Waals surface area contributed by atoms with Crippen molar-refractivity contribution in [3.63, 3.8) is 0 Å². The van der Waals surface area contributed by atoms with Crippen molar-refractivity contribution in [2.45, 2.75) is 37.0 Å². The number of hydrogen-bond donors (Lipinski definition) is 2. The van der Waals surface area contributed by atoms with Crippen molar-refractivity contribution in [3.05, 3.63) is 108 Å². The molecular weight excluding hydrogens is 690 g/mol. The Morgan fingerprint density at radius 3 is 2.08 bits per heavy atom. The number of esters is 1. The van der Waals surface area contributed by atoms with Crippen molar-refractivity contribution in [1.29, 1.82) is 0 Å². The molecule has 5 rings (SSSR count). The van der Waals surface area contributed by atoms with Crippen LogP contribution in [0.3, 0.4) is 0 Å². The molecule has 2 N–H and O–H groups in total. The summed E-state index contributed by atoms with van der Waals surface area (Å²) in [6, 6.07) is 26.5. The van der Waals surface area contributed by atoms with Gasteiger partial charge in [-0.1, -0.05) is 84.9 Å². The number of amides is 3. The van der Waals surface area contributed by atoms with Gasteiger partial charge in [-0.15, -0.1) is 4.99 Å². The summed E-state index contributed by atoms with van der Waals surface area (Å²) in [6.07, 6.45) is -1.60. The van der Waals surface area contributed by atoms with Crippen LogP contribution in [0.5, 0.6) is 0 Å². The highest BCUT2D eigenvalue weighted by molar-refractivity contribution is 7.90. The molecule has 0 aromatic heterocycles. The first-order valence-corrected chi connectivity index (χ1v) is 17.8. The molecule has 0 spiro atoms. The largest absolute Gasteiger partial charge is 0.467 e. The SMILES string of the molecule is COC(=O)[C@@H]1[C@@H](CCCNC(=NC(=O)OCc2ccccc2)NC(=O)OCc2ccccc2)C(=O)N1S(=O)(=O)c1cccc2c(N(C)C)cccc12. The van der Waals surface area contributed by atoms with Crippen molar-refractivity contribution in [3.8, 4) is 0 Å². The van der Waals surface area contributed by atoms with Gasteiger partial charge in [-0.3, -0.25) is 10.1 Å². The summed E-state index contributed by atoms with van der Waals surface area (Å²) in [4.78, 5) is 57.1. The molecule has 0 bridgehead atoms. The number of methoxy groups -OCH3 is 1. The minimum Gasteiger partial charge on any atom is -0.467 e. The highest BCUT2D eigenvalue weighted by Gasteiger charge is 2.57. The van der Waals surface area contributed by atoms with Gasteiger partial charge in [0.15, 0.2) is 6.04 Å². The molecule has 4 aromatic rings. The number of aliphatic imine (C=N–C) groups is 1. The number of rotatable bonds is 12. The van der Waals surface area contributed by atoms with Gasteiger partial charge in [0.25, 0.3) is 10.0 Å². The van der Waals surface area contributed by atoms with Gasteiger partial charge in [-0.2, -0.15) is 0 Å². The minimum atomic E-state index is -4.46. The lowest BCUT2D eigenvalue weighted by Gasteiger charge is -2.44. The third-order valence-electron chi connectivity index (χ3n) is 8.31. The van der Waals surface area contributed by atoms with E-state index in [1.54, 1.807) is 72.8 Å². The van der Waals surface area contributed by atoms with E-state index in [0.29, 0.717) is 15.1 Å². The molecule has 0 saturated carbocycles. The van der Waals surface area contributed by atoms with E-state index in [9.17, 15) is 27.6 Å². The van der Waals surface area contributed by atoms with Gasteiger partial charge in [0.05, 0.1) is 17.9 Å². The molecule has 14 nitrogen and oxygen atoms in total. The van der Waals surface area contributed by atoms with Crippen LogP contribution < -0.4 is 15.5 Å². The van der Waals surface area contributed by atoms with E-state index in [2.05, 4.69) is 15.6 Å². The van der Waals surface area contributed by atoms with Gasteiger partial charge in [0.2, 0.25) is 11.9 Å². The number of nitrogens with one attached hydrogen (secondary N) is 2. The molecule has 0 radical (unpaired) electrons. The van der Waals surface area contributed by atoms with Crippen LogP contribution in [0.25, 0.3) is 10.8 Å². The molecule has 52 heavy (non-hydrogen) atoms. The number of nitrogens with zero attached hydrogens (tertiary/aromatic N) is 3. The van der Waals surface area contributed by atoms with Crippen molar-refractivity contribution >= 4 is 56.5 Å². The fraction of sp³-hybridized carbons (Fsp3) is 0.270. The molecule has 1 aliphatic rings. The van der Waals surface area contributed by atoms with E-state index in [0.717, 1.165) is 23.9 Å². The van der Waals surface area contributed by atoms with Crippen molar-refractivity contribution in [2.24, 2.45) is 10.9 Å². The van der Waals surface area contributed by atoms with E-state index < -0.39 is 46.0 Å². The molecule has 272 valence electrons. The number of ether oxygens (including phenoxy) is 3. The maximum Gasteiger partial charge on any atom is 0.437 e. The highest BCUT2D eigenvalue weighted by Crippen LogP contribution is 2.39. The summed E-state index contributed by atoms with van der Waals surface area (Å²) in [5, 5.41) is 6.29. The third kappa shape index (κ3) is 8.66. The molecular formula is C37H39N5O9S. The Morgan fingerprint density at radius 1 is 0.827 bits per heavy atom. The molecule has 0 unspecified atom stereocenters. The Bertz CT molecular complexity index is 2060. The summed E-state index contributed by atoms with van der Waals surface area (Å²) >= 11 is 0. The van der Waals surface area contributed by atoms with Crippen molar-refractivity contribution < 1.29 is 41.8 Å². The van der Waals surface area contributed by atoms with Gasteiger partial charge in [-0.05, 0) is 36.1 Å². The lowest BCUT2D eigenvalue weighted by Crippen LogP contribution is -2.66. The Morgan fingerprint density at radius 2 is 1.44 bits per heavy atom. The van der Waals surface area contributed by atoms with Gasteiger partial charge < -0.3 is 24.4 Å². The molecule has 1 heterocycles. The smallest absolute Gasteiger partial charge is 0.437 e. The molecule has 4 aromatic carbocycles. The Balaban J connectivity index is 1.26. The number of guanidine groups is 1. The number of hydrogen-bond acceptors (Lipinski definition) is 10. The number of fused-ring (bicyclic) bond motifs is 1. The second kappa shape index (κ2) is 16.8. The zero-order valence-electron chi connectivity index (χ0n) is 28.9. The van der Waals surface area contributed by atoms with Gasteiger partial charge in [0.1, 0.15) is 13.2 Å². The van der Waals surface area contributed by atoms with Crippen LogP contribution in [0.1, 0.15) is 24.0 Å². The molecule has 2 atom stereocenters. The van der Waals surface area contributed by atoms with Crippen LogP contribution in [-0.2, 0) is 47.0 Å². The molecule has 0 aliphatic carbocycles. The van der Waals surface area contributed by atoms with Crippen LogP contribution in [0.2, 0.25) is 0 Å². The van der Waals surface area contributed by atoms with Crippen LogP contribution in [-0.4, -0.2) is 76.5 Å². The normalized spacial score (nSPS) is 15.7. The lowest BCUT2D eigenvalue weighted by atomic mass is 9.86. The van der Waals surface area contributed by atoms with Crippen molar-refractivity contribution in [1.82, 2.24) is 14.9 Å². The number of β-lactam (4-membered cyclic amide) rings is 1. The summed E-state index contributed by atoms with van der Waals surface area (Å²) in [7, 11) is 0.330. The van der Waals surface area contributed by atoms with Gasteiger partial charge in [-0.25, -0.2) is 27.1 Å². The maximum absolute atomic E-state index is 14.0. The fourth-order valence-electron chi connectivity index (χ4n) is 5.77. The minimum absolute atomic E-state index is 0.0356. The Hall–Kier alpha value is -5.96.